The fourth-order valence-corrected chi connectivity index (χ4v) is 2.69. The number of hydrogen-bond acceptors (Lipinski definition) is 4. The average molecular weight is 336 g/mol. The minimum absolute atomic E-state index is 0.114. The second-order valence-corrected chi connectivity index (χ2v) is 7.51. The van der Waals surface area contributed by atoms with E-state index in [4.69, 9.17) is 9.47 Å². The van der Waals surface area contributed by atoms with Crippen LogP contribution < -0.4 is 15.4 Å². The molecule has 0 aliphatic carbocycles. The molecule has 0 heterocycles. The topological polar surface area (TPSA) is 76.7 Å². The van der Waals surface area contributed by atoms with Gasteiger partial charge in [-0.2, -0.15) is 0 Å². The van der Waals surface area contributed by atoms with Crippen molar-refractivity contribution in [1.29, 1.82) is 0 Å². The third-order valence-corrected chi connectivity index (χ3v) is 3.00. The predicted molar refractivity (Wildman–Crippen MR) is 94.4 cm³/mol. The number of amides is 2. The Hall–Kier alpha value is -2.24. The van der Waals surface area contributed by atoms with E-state index in [1.54, 1.807) is 31.2 Å². The summed E-state index contributed by atoms with van der Waals surface area (Å²) in [7, 11) is 0. The Bertz CT molecular complexity index is 559. The fourth-order valence-electron chi connectivity index (χ4n) is 2.69. The van der Waals surface area contributed by atoms with Crippen LogP contribution in [0.1, 0.15) is 48.0 Å². The number of nitrogens with one attached hydrogen (secondary N) is 2. The summed E-state index contributed by atoms with van der Waals surface area (Å²) in [6, 6.07) is 6.22. The van der Waals surface area contributed by atoms with Gasteiger partial charge in [-0.1, -0.05) is 20.8 Å². The number of urea groups is 1. The quantitative estimate of drug-likeness (QED) is 0.610. The minimum atomic E-state index is -0.750. The van der Waals surface area contributed by atoms with Gasteiger partial charge < -0.3 is 20.1 Å². The van der Waals surface area contributed by atoms with Crippen molar-refractivity contribution in [2.45, 2.75) is 53.5 Å². The average Bonchev–Trinajstić information content (AvgIpc) is 2.37. The molecule has 0 radical (unpaired) electrons. The molecule has 2 amide bonds. The van der Waals surface area contributed by atoms with Crippen molar-refractivity contribution in [3.05, 3.63) is 24.3 Å². The Morgan fingerprint density at radius 2 is 1.62 bits per heavy atom. The van der Waals surface area contributed by atoms with Crippen molar-refractivity contribution < 1.29 is 19.1 Å². The maximum absolute atomic E-state index is 12.1. The summed E-state index contributed by atoms with van der Waals surface area (Å²) in [5, 5.41) is 5.74. The van der Waals surface area contributed by atoms with Gasteiger partial charge in [-0.05, 0) is 56.9 Å². The van der Waals surface area contributed by atoms with Crippen molar-refractivity contribution in [2.24, 2.45) is 5.41 Å². The molecule has 0 aliphatic heterocycles. The molecule has 2 N–H and O–H groups in total. The second kappa shape index (κ2) is 8.04. The van der Waals surface area contributed by atoms with E-state index in [-0.39, 0.29) is 23.6 Å². The predicted octanol–water partition coefficient (Wildman–Crippen LogP) is 4.56. The summed E-state index contributed by atoms with van der Waals surface area (Å²) in [6.07, 6.45) is 0.0969. The van der Waals surface area contributed by atoms with Crippen molar-refractivity contribution in [3.8, 4) is 5.75 Å². The first-order chi connectivity index (χ1) is 11.0. The van der Waals surface area contributed by atoms with E-state index in [9.17, 15) is 9.59 Å². The maximum Gasteiger partial charge on any atom is 0.513 e. The van der Waals surface area contributed by atoms with Gasteiger partial charge in [0, 0.05) is 11.2 Å². The molecule has 0 atom stereocenters. The standard InChI is InChI=1S/C18H28N2O4/c1-7-23-16(22)24-14-10-8-13(9-11-14)19-15(21)20-18(5,6)12-17(2,3)4/h8-11H,7,12H2,1-6H3,(H2,19,20,21). The molecule has 0 aliphatic rings. The highest BCUT2D eigenvalue weighted by molar-refractivity contribution is 5.89. The van der Waals surface area contributed by atoms with Gasteiger partial charge in [0.2, 0.25) is 0 Å². The van der Waals surface area contributed by atoms with Crippen LogP contribution in [-0.4, -0.2) is 24.3 Å². The molecule has 0 bridgehead atoms. The number of rotatable bonds is 5. The minimum Gasteiger partial charge on any atom is -0.434 e. The monoisotopic (exact) mass is 336 g/mol. The number of benzene rings is 1. The zero-order valence-electron chi connectivity index (χ0n) is 15.4. The highest BCUT2D eigenvalue weighted by Gasteiger charge is 2.26. The van der Waals surface area contributed by atoms with Gasteiger partial charge in [0.25, 0.3) is 0 Å². The summed E-state index contributed by atoms with van der Waals surface area (Å²) in [5.74, 6) is 0.354. The van der Waals surface area contributed by atoms with Crippen LogP contribution in [0.5, 0.6) is 5.75 Å². The summed E-state index contributed by atoms with van der Waals surface area (Å²) >= 11 is 0. The van der Waals surface area contributed by atoms with Crippen LogP contribution in [0.25, 0.3) is 0 Å². The Kier molecular flexibility index (Phi) is 6.63. The smallest absolute Gasteiger partial charge is 0.434 e. The van der Waals surface area contributed by atoms with Crippen LogP contribution in [0.4, 0.5) is 15.3 Å². The van der Waals surface area contributed by atoms with Crippen LogP contribution in [-0.2, 0) is 4.74 Å². The lowest BCUT2D eigenvalue weighted by atomic mass is 9.82. The zero-order valence-corrected chi connectivity index (χ0v) is 15.4. The third kappa shape index (κ3) is 7.85. The number of carbonyl (C=O) groups is 2. The molecule has 1 rings (SSSR count). The lowest BCUT2D eigenvalue weighted by molar-refractivity contribution is 0.104. The first-order valence-corrected chi connectivity index (χ1v) is 8.04. The van der Waals surface area contributed by atoms with E-state index in [2.05, 4.69) is 31.4 Å². The molecule has 1 aromatic carbocycles. The van der Waals surface area contributed by atoms with E-state index >= 15 is 0 Å². The van der Waals surface area contributed by atoms with Gasteiger partial charge in [0.1, 0.15) is 5.75 Å². The molecule has 6 nitrogen and oxygen atoms in total. The molecule has 24 heavy (non-hydrogen) atoms. The lowest BCUT2D eigenvalue weighted by Gasteiger charge is -2.33. The first-order valence-electron chi connectivity index (χ1n) is 8.04. The number of carbonyl (C=O) groups excluding carboxylic acids is 2. The van der Waals surface area contributed by atoms with Gasteiger partial charge in [-0.3, -0.25) is 0 Å². The van der Waals surface area contributed by atoms with Gasteiger partial charge in [0.15, 0.2) is 0 Å². The molecular weight excluding hydrogens is 308 g/mol. The molecule has 0 unspecified atom stereocenters. The Labute approximate surface area is 143 Å². The summed E-state index contributed by atoms with van der Waals surface area (Å²) < 4.78 is 9.65. The number of ether oxygens (including phenoxy) is 2. The van der Waals surface area contributed by atoms with Crippen molar-refractivity contribution in [1.82, 2.24) is 5.32 Å². The lowest BCUT2D eigenvalue weighted by Crippen LogP contribution is -2.47. The highest BCUT2D eigenvalue weighted by atomic mass is 16.7. The van der Waals surface area contributed by atoms with E-state index in [1.165, 1.54) is 0 Å². The van der Waals surface area contributed by atoms with E-state index in [0.29, 0.717) is 11.4 Å². The van der Waals surface area contributed by atoms with Crippen molar-refractivity contribution in [2.75, 3.05) is 11.9 Å². The number of anilines is 1. The maximum atomic E-state index is 12.1. The molecule has 0 spiro atoms. The van der Waals surface area contributed by atoms with Gasteiger partial charge in [-0.15, -0.1) is 0 Å². The highest BCUT2D eigenvalue weighted by Crippen LogP contribution is 2.26. The zero-order chi connectivity index (χ0) is 18.4. The molecule has 6 heteroatoms. The molecule has 134 valence electrons. The third-order valence-electron chi connectivity index (χ3n) is 3.00. The summed E-state index contributed by atoms with van der Waals surface area (Å²) in [5.41, 5.74) is 0.397. The Morgan fingerprint density at radius 1 is 1.04 bits per heavy atom. The normalized spacial score (nSPS) is 11.6. The van der Waals surface area contributed by atoms with E-state index in [1.807, 2.05) is 13.8 Å². The second-order valence-electron chi connectivity index (χ2n) is 7.51. The first kappa shape index (κ1) is 19.8. The van der Waals surface area contributed by atoms with Gasteiger partial charge >= 0.3 is 12.2 Å². The SMILES string of the molecule is CCOC(=O)Oc1ccc(NC(=O)NC(C)(C)CC(C)(C)C)cc1. The van der Waals surface area contributed by atoms with E-state index in [0.717, 1.165) is 6.42 Å². The number of hydrogen-bond donors (Lipinski definition) is 2. The fraction of sp³-hybridized carbons (Fsp3) is 0.556. The van der Waals surface area contributed by atoms with Crippen LogP contribution in [0, 0.1) is 5.41 Å². The molecule has 0 fully saturated rings. The van der Waals surface area contributed by atoms with Crippen LogP contribution >= 0.6 is 0 Å². The Balaban J connectivity index is 2.57. The Morgan fingerprint density at radius 3 is 2.12 bits per heavy atom. The summed E-state index contributed by atoms with van der Waals surface area (Å²) in [6.45, 7) is 12.4. The van der Waals surface area contributed by atoms with Crippen LogP contribution in [0.15, 0.2) is 24.3 Å². The van der Waals surface area contributed by atoms with E-state index < -0.39 is 6.16 Å². The van der Waals surface area contributed by atoms with Crippen molar-refractivity contribution >= 4 is 17.9 Å². The molecular formula is C18H28N2O4. The molecule has 0 aromatic heterocycles. The van der Waals surface area contributed by atoms with Gasteiger partial charge in [-0.25, -0.2) is 9.59 Å². The molecule has 0 saturated carbocycles. The molecule has 1 aromatic rings. The molecule has 0 saturated heterocycles. The largest absolute Gasteiger partial charge is 0.513 e. The van der Waals surface area contributed by atoms with Gasteiger partial charge in [0.05, 0.1) is 6.61 Å². The van der Waals surface area contributed by atoms with Crippen LogP contribution in [0.2, 0.25) is 0 Å². The van der Waals surface area contributed by atoms with Crippen molar-refractivity contribution in [3.63, 3.8) is 0 Å². The summed E-state index contributed by atoms with van der Waals surface area (Å²) in [4.78, 5) is 23.4. The van der Waals surface area contributed by atoms with Crippen LogP contribution in [0.3, 0.4) is 0 Å².